The summed E-state index contributed by atoms with van der Waals surface area (Å²) in [5.41, 5.74) is 4.93. The summed E-state index contributed by atoms with van der Waals surface area (Å²) in [5.74, 6) is 2.41. The molecule has 1 aliphatic carbocycles. The van der Waals surface area contributed by atoms with Crippen molar-refractivity contribution in [2.24, 2.45) is 0 Å². The smallest absolute Gasteiger partial charge is 0.241 e. The molecule has 1 amide bonds. The van der Waals surface area contributed by atoms with E-state index in [4.69, 9.17) is 9.40 Å². The Bertz CT molecular complexity index is 1270. The van der Waals surface area contributed by atoms with Crippen LogP contribution < -0.4 is 16.0 Å². The fourth-order valence-corrected chi connectivity index (χ4v) is 5.13. The number of benzene rings is 1. The molecule has 3 atom stereocenters. The van der Waals surface area contributed by atoms with E-state index in [-0.39, 0.29) is 17.9 Å². The van der Waals surface area contributed by atoms with E-state index in [1.807, 2.05) is 19.1 Å². The fraction of sp³-hybridized carbons (Fsp3) is 0.423. The number of aromatic nitrogens is 3. The lowest BCUT2D eigenvalue weighted by Crippen LogP contribution is -2.40. The molecular weight excluding hydrogens is 428 g/mol. The van der Waals surface area contributed by atoms with E-state index in [2.05, 4.69) is 44.1 Å². The summed E-state index contributed by atoms with van der Waals surface area (Å²) in [4.78, 5) is 25.4. The third-order valence-corrected chi connectivity index (χ3v) is 7.15. The van der Waals surface area contributed by atoms with Crippen LogP contribution in [0.1, 0.15) is 62.7 Å². The maximum Gasteiger partial charge on any atom is 0.241 e. The predicted octanol–water partition coefficient (Wildman–Crippen LogP) is 3.83. The lowest BCUT2D eigenvalue weighted by molar-refractivity contribution is -0.122. The molecule has 0 bridgehead atoms. The van der Waals surface area contributed by atoms with Gasteiger partial charge >= 0.3 is 0 Å². The highest BCUT2D eigenvalue weighted by molar-refractivity contribution is 5.84. The molecule has 2 aromatic heterocycles. The van der Waals surface area contributed by atoms with Crippen LogP contribution in [0.25, 0.3) is 22.4 Å². The van der Waals surface area contributed by atoms with Gasteiger partial charge in [-0.2, -0.15) is 0 Å². The van der Waals surface area contributed by atoms with E-state index in [1.165, 1.54) is 6.42 Å². The van der Waals surface area contributed by atoms with E-state index in [0.29, 0.717) is 18.4 Å². The number of aromatic amines is 1. The van der Waals surface area contributed by atoms with Crippen molar-refractivity contribution < 1.29 is 9.21 Å². The van der Waals surface area contributed by atoms with Gasteiger partial charge in [-0.25, -0.2) is 9.97 Å². The first kappa shape index (κ1) is 21.3. The maximum absolute atomic E-state index is 12.6. The molecular formula is C26H30N6O2. The first-order valence-corrected chi connectivity index (χ1v) is 12.3. The number of carbonyl (C=O) groups excluding carboxylic acids is 1. The van der Waals surface area contributed by atoms with Crippen LogP contribution in [0.15, 0.2) is 52.2 Å². The zero-order chi connectivity index (χ0) is 23.1. The summed E-state index contributed by atoms with van der Waals surface area (Å²) in [6.07, 6.45) is 10.8. The number of hydrogen-bond donors (Lipinski definition) is 4. The summed E-state index contributed by atoms with van der Waals surface area (Å²) in [6.45, 7) is 3.97. The van der Waals surface area contributed by atoms with E-state index < -0.39 is 0 Å². The van der Waals surface area contributed by atoms with Crippen molar-refractivity contribution >= 4 is 16.9 Å². The predicted molar refractivity (Wildman–Crippen MR) is 130 cm³/mol. The molecule has 2 fully saturated rings. The van der Waals surface area contributed by atoms with Crippen LogP contribution in [0.5, 0.6) is 0 Å². The van der Waals surface area contributed by atoms with Gasteiger partial charge in [-0.3, -0.25) is 4.79 Å². The minimum atomic E-state index is -0.0973. The van der Waals surface area contributed by atoms with Gasteiger partial charge in [-0.15, -0.1) is 0 Å². The van der Waals surface area contributed by atoms with Crippen LogP contribution in [0.2, 0.25) is 0 Å². The van der Waals surface area contributed by atoms with Crippen LogP contribution in [0, 0.1) is 0 Å². The molecule has 3 aliphatic rings. The van der Waals surface area contributed by atoms with Gasteiger partial charge in [0.1, 0.15) is 5.82 Å². The summed E-state index contributed by atoms with van der Waals surface area (Å²) < 4.78 is 6.19. The second-order valence-electron chi connectivity index (χ2n) is 9.54. The number of fused-ring (bicyclic) bond motifs is 1. The normalized spacial score (nSPS) is 24.9. The number of nitrogens with zero attached hydrogens (tertiary/aromatic N) is 2. The zero-order valence-electron chi connectivity index (χ0n) is 19.4. The lowest BCUT2D eigenvalue weighted by atomic mass is 9.94. The van der Waals surface area contributed by atoms with Gasteiger partial charge in [0, 0.05) is 17.7 Å². The highest BCUT2D eigenvalue weighted by Gasteiger charge is 2.26. The van der Waals surface area contributed by atoms with Gasteiger partial charge in [0.25, 0.3) is 0 Å². The highest BCUT2D eigenvalue weighted by Crippen LogP contribution is 2.33. The average Bonchev–Trinajstić information content (AvgIpc) is 3.66. The second-order valence-corrected chi connectivity index (χ2v) is 9.54. The number of allylic oxidation sites excluding steroid dienone is 4. The topological polar surface area (TPSA) is 108 Å². The Kier molecular flexibility index (Phi) is 5.55. The van der Waals surface area contributed by atoms with Crippen molar-refractivity contribution in [1.29, 1.82) is 0 Å². The number of carbonyl (C=O) groups is 1. The van der Waals surface area contributed by atoms with E-state index in [1.54, 1.807) is 6.20 Å². The van der Waals surface area contributed by atoms with Gasteiger partial charge in [0.2, 0.25) is 11.8 Å². The Morgan fingerprint density at radius 3 is 2.88 bits per heavy atom. The number of H-pyrrole nitrogens is 1. The molecule has 1 aromatic carbocycles. The van der Waals surface area contributed by atoms with Crippen molar-refractivity contribution in [3.8, 4) is 11.3 Å². The quantitative estimate of drug-likeness (QED) is 0.463. The van der Waals surface area contributed by atoms with E-state index in [0.717, 1.165) is 71.8 Å². The highest BCUT2D eigenvalue weighted by atomic mass is 16.4. The Morgan fingerprint density at radius 1 is 1.18 bits per heavy atom. The van der Waals surface area contributed by atoms with Gasteiger partial charge < -0.3 is 25.4 Å². The van der Waals surface area contributed by atoms with Gasteiger partial charge in [-0.1, -0.05) is 12.2 Å². The summed E-state index contributed by atoms with van der Waals surface area (Å²) >= 11 is 0. The number of amides is 1. The van der Waals surface area contributed by atoms with Crippen molar-refractivity contribution in [3.05, 3.63) is 59.5 Å². The molecule has 2 aliphatic heterocycles. The average molecular weight is 459 g/mol. The Labute approximate surface area is 198 Å². The molecule has 0 saturated carbocycles. The number of hydrogen-bond acceptors (Lipinski definition) is 6. The standard InChI is InChI=1S/C26H30N6O2/c1-15-6-7-17(13-21(15)32-25(33)20-5-3-11-28-20)26-29-14-23(34-26)16-8-9-18-22(12-16)31-24(30-18)19-4-2-10-27-19/h6-9,12,14,17,19-20,27-28H,2-5,10-11,13H2,1H3,(H,30,31)(H,32,33)/t17?,19-,20-/m0/s1. The van der Waals surface area contributed by atoms with Crippen molar-refractivity contribution in [3.63, 3.8) is 0 Å². The van der Waals surface area contributed by atoms with Crippen LogP contribution in [0.3, 0.4) is 0 Å². The van der Waals surface area contributed by atoms with Crippen molar-refractivity contribution in [2.45, 2.75) is 57.0 Å². The van der Waals surface area contributed by atoms with Gasteiger partial charge in [-0.05, 0) is 69.5 Å². The monoisotopic (exact) mass is 458 g/mol. The van der Waals surface area contributed by atoms with Crippen LogP contribution >= 0.6 is 0 Å². The number of oxazole rings is 1. The molecule has 6 rings (SSSR count). The second kappa shape index (κ2) is 8.85. The fourth-order valence-electron chi connectivity index (χ4n) is 5.13. The molecule has 8 nitrogen and oxygen atoms in total. The molecule has 3 aromatic rings. The molecule has 0 spiro atoms. The lowest BCUT2D eigenvalue weighted by Gasteiger charge is -2.21. The first-order chi connectivity index (χ1) is 16.6. The zero-order valence-corrected chi connectivity index (χ0v) is 19.4. The molecule has 0 radical (unpaired) electrons. The van der Waals surface area contributed by atoms with Crippen molar-refractivity contribution in [2.75, 3.05) is 13.1 Å². The minimum Gasteiger partial charge on any atom is -0.440 e. The Balaban J connectivity index is 1.18. The molecule has 176 valence electrons. The third-order valence-electron chi connectivity index (χ3n) is 7.15. The Morgan fingerprint density at radius 2 is 2.06 bits per heavy atom. The molecule has 34 heavy (non-hydrogen) atoms. The molecule has 4 N–H and O–H groups in total. The van der Waals surface area contributed by atoms with Crippen molar-refractivity contribution in [1.82, 2.24) is 30.9 Å². The Hall–Kier alpha value is -3.23. The maximum atomic E-state index is 12.6. The molecule has 4 heterocycles. The third kappa shape index (κ3) is 4.08. The van der Waals surface area contributed by atoms with Gasteiger partial charge in [0.05, 0.1) is 35.2 Å². The molecule has 1 unspecified atom stereocenters. The number of nitrogens with one attached hydrogen (secondary N) is 4. The molecule has 8 heteroatoms. The van der Waals surface area contributed by atoms with E-state index >= 15 is 0 Å². The largest absolute Gasteiger partial charge is 0.440 e. The number of imidazole rings is 1. The van der Waals surface area contributed by atoms with Crippen LogP contribution in [-0.4, -0.2) is 40.0 Å². The number of rotatable bonds is 5. The SMILES string of the molecule is CC1=C(NC(=O)[C@@H]2CCCN2)CC(c2ncc(-c3ccc4[nH]c([C@@H]5CCCN5)nc4c3)o2)C=C1. The molecule has 2 saturated heterocycles. The summed E-state index contributed by atoms with van der Waals surface area (Å²) in [5, 5.41) is 9.89. The van der Waals surface area contributed by atoms with E-state index in [9.17, 15) is 4.79 Å². The van der Waals surface area contributed by atoms with Crippen LogP contribution in [-0.2, 0) is 4.79 Å². The summed E-state index contributed by atoms with van der Waals surface area (Å²) in [7, 11) is 0. The van der Waals surface area contributed by atoms with Gasteiger partial charge in [0.15, 0.2) is 5.76 Å². The minimum absolute atomic E-state index is 0.0153. The first-order valence-electron chi connectivity index (χ1n) is 12.3. The summed E-state index contributed by atoms with van der Waals surface area (Å²) in [6, 6.07) is 6.35. The van der Waals surface area contributed by atoms with Crippen LogP contribution in [0.4, 0.5) is 0 Å².